The molecule has 1 N–H and O–H groups in total. The summed E-state index contributed by atoms with van der Waals surface area (Å²) >= 11 is 0. The summed E-state index contributed by atoms with van der Waals surface area (Å²) in [6.07, 6.45) is 5.58. The summed E-state index contributed by atoms with van der Waals surface area (Å²) in [6, 6.07) is 0.822. The first kappa shape index (κ1) is 11.4. The molecule has 88 valence electrons. The molecular formula is C13H26N2. The molecular weight excluding hydrogens is 184 g/mol. The molecule has 2 aliphatic rings. The zero-order chi connectivity index (χ0) is 10.7. The minimum absolute atomic E-state index is 0.822. The van der Waals surface area contributed by atoms with Crippen LogP contribution in [0.15, 0.2) is 0 Å². The number of rotatable bonds is 4. The molecule has 2 nitrogen and oxygen atoms in total. The highest BCUT2D eigenvalue weighted by atomic mass is 15.1. The lowest BCUT2D eigenvalue weighted by atomic mass is 9.95. The Morgan fingerprint density at radius 3 is 2.80 bits per heavy atom. The van der Waals surface area contributed by atoms with E-state index < -0.39 is 0 Å². The second-order valence-electron chi connectivity index (χ2n) is 5.68. The lowest BCUT2D eigenvalue weighted by Gasteiger charge is -2.19. The average Bonchev–Trinajstić information content (AvgIpc) is 2.86. The monoisotopic (exact) mass is 210 g/mol. The van der Waals surface area contributed by atoms with E-state index in [9.17, 15) is 0 Å². The fourth-order valence-corrected chi connectivity index (χ4v) is 2.95. The van der Waals surface area contributed by atoms with E-state index in [1.165, 1.54) is 51.9 Å². The fourth-order valence-electron chi connectivity index (χ4n) is 2.95. The van der Waals surface area contributed by atoms with E-state index >= 15 is 0 Å². The van der Waals surface area contributed by atoms with E-state index in [4.69, 9.17) is 0 Å². The van der Waals surface area contributed by atoms with Gasteiger partial charge in [-0.25, -0.2) is 0 Å². The van der Waals surface area contributed by atoms with Crippen molar-refractivity contribution in [1.29, 1.82) is 0 Å². The lowest BCUT2D eigenvalue weighted by Crippen LogP contribution is -2.29. The molecule has 0 aromatic rings. The highest BCUT2D eigenvalue weighted by Crippen LogP contribution is 2.24. The van der Waals surface area contributed by atoms with E-state index in [0.29, 0.717) is 0 Å². The van der Waals surface area contributed by atoms with Crippen molar-refractivity contribution in [3.63, 3.8) is 0 Å². The molecule has 0 aromatic carbocycles. The van der Waals surface area contributed by atoms with Gasteiger partial charge in [0.15, 0.2) is 0 Å². The minimum Gasteiger partial charge on any atom is -0.314 e. The smallest absolute Gasteiger partial charge is 0.00797 e. The van der Waals surface area contributed by atoms with Crippen LogP contribution in [-0.4, -0.2) is 37.1 Å². The number of nitrogens with one attached hydrogen (secondary N) is 1. The molecule has 2 heterocycles. The van der Waals surface area contributed by atoms with Crippen molar-refractivity contribution in [2.24, 2.45) is 11.8 Å². The van der Waals surface area contributed by atoms with Crippen molar-refractivity contribution in [2.45, 2.75) is 45.6 Å². The van der Waals surface area contributed by atoms with Gasteiger partial charge in [-0.1, -0.05) is 13.8 Å². The van der Waals surface area contributed by atoms with Crippen LogP contribution in [0, 0.1) is 11.8 Å². The Morgan fingerprint density at radius 1 is 1.33 bits per heavy atom. The van der Waals surface area contributed by atoms with Crippen LogP contribution in [0.3, 0.4) is 0 Å². The molecule has 0 aromatic heterocycles. The van der Waals surface area contributed by atoms with Gasteiger partial charge in [0.05, 0.1) is 0 Å². The Kier molecular flexibility index (Phi) is 4.04. The molecule has 0 radical (unpaired) electrons. The Labute approximate surface area is 94.4 Å². The first-order chi connectivity index (χ1) is 7.25. The van der Waals surface area contributed by atoms with Gasteiger partial charge in [-0.3, -0.25) is 0 Å². The third-order valence-electron chi connectivity index (χ3n) is 4.21. The van der Waals surface area contributed by atoms with Crippen LogP contribution in [0.2, 0.25) is 0 Å². The van der Waals surface area contributed by atoms with Gasteiger partial charge in [0.2, 0.25) is 0 Å². The first-order valence-corrected chi connectivity index (χ1v) is 6.71. The van der Waals surface area contributed by atoms with Gasteiger partial charge in [-0.05, 0) is 57.2 Å². The van der Waals surface area contributed by atoms with Gasteiger partial charge < -0.3 is 10.2 Å². The second-order valence-corrected chi connectivity index (χ2v) is 5.68. The predicted molar refractivity (Wildman–Crippen MR) is 65.0 cm³/mol. The third-order valence-corrected chi connectivity index (χ3v) is 4.21. The maximum Gasteiger partial charge on any atom is 0.00797 e. The summed E-state index contributed by atoms with van der Waals surface area (Å²) in [5, 5.41) is 3.59. The number of hydrogen-bond acceptors (Lipinski definition) is 2. The van der Waals surface area contributed by atoms with Crippen molar-refractivity contribution in [1.82, 2.24) is 10.2 Å². The molecule has 2 fully saturated rings. The first-order valence-electron chi connectivity index (χ1n) is 6.71. The van der Waals surface area contributed by atoms with Crippen LogP contribution < -0.4 is 5.32 Å². The maximum atomic E-state index is 3.59. The molecule has 2 heteroatoms. The second kappa shape index (κ2) is 5.31. The summed E-state index contributed by atoms with van der Waals surface area (Å²) in [7, 11) is 0. The van der Waals surface area contributed by atoms with E-state index in [1.807, 2.05) is 0 Å². The van der Waals surface area contributed by atoms with Crippen molar-refractivity contribution in [3.05, 3.63) is 0 Å². The van der Waals surface area contributed by atoms with Crippen LogP contribution in [-0.2, 0) is 0 Å². The molecule has 2 rings (SSSR count). The molecule has 0 spiro atoms. The molecule has 0 aliphatic carbocycles. The molecule has 0 saturated carbocycles. The van der Waals surface area contributed by atoms with Gasteiger partial charge in [0.1, 0.15) is 0 Å². The van der Waals surface area contributed by atoms with Gasteiger partial charge in [0.25, 0.3) is 0 Å². The SMILES string of the molecule is CC(C)C1CCN(CCC2CCCN2)C1. The third kappa shape index (κ3) is 3.18. The standard InChI is InChI=1S/C13H26N2/c1-11(2)12-5-8-15(10-12)9-6-13-4-3-7-14-13/h11-14H,3-10H2,1-2H3. The molecule has 2 aliphatic heterocycles. The Hall–Kier alpha value is -0.0800. The van der Waals surface area contributed by atoms with Gasteiger partial charge >= 0.3 is 0 Å². The predicted octanol–water partition coefficient (Wildman–Crippen LogP) is 2.11. The van der Waals surface area contributed by atoms with Crippen molar-refractivity contribution in [3.8, 4) is 0 Å². The number of nitrogens with zero attached hydrogens (tertiary/aromatic N) is 1. The van der Waals surface area contributed by atoms with Crippen molar-refractivity contribution >= 4 is 0 Å². The van der Waals surface area contributed by atoms with Crippen LogP contribution in [0.5, 0.6) is 0 Å². The molecule has 0 bridgehead atoms. The van der Waals surface area contributed by atoms with Crippen molar-refractivity contribution < 1.29 is 0 Å². The lowest BCUT2D eigenvalue weighted by molar-refractivity contribution is 0.288. The van der Waals surface area contributed by atoms with Crippen LogP contribution in [0.25, 0.3) is 0 Å². The van der Waals surface area contributed by atoms with Crippen LogP contribution in [0.1, 0.15) is 39.5 Å². The topological polar surface area (TPSA) is 15.3 Å². The van der Waals surface area contributed by atoms with Gasteiger partial charge in [-0.15, -0.1) is 0 Å². The van der Waals surface area contributed by atoms with Gasteiger partial charge in [-0.2, -0.15) is 0 Å². The summed E-state index contributed by atoms with van der Waals surface area (Å²) < 4.78 is 0. The highest BCUT2D eigenvalue weighted by Gasteiger charge is 2.25. The summed E-state index contributed by atoms with van der Waals surface area (Å²) in [5.41, 5.74) is 0. The highest BCUT2D eigenvalue weighted by molar-refractivity contribution is 4.80. The Bertz CT molecular complexity index is 185. The molecule has 2 unspecified atom stereocenters. The van der Waals surface area contributed by atoms with E-state index in [0.717, 1.165) is 17.9 Å². The minimum atomic E-state index is 0.822. The molecule has 15 heavy (non-hydrogen) atoms. The number of hydrogen-bond donors (Lipinski definition) is 1. The fraction of sp³-hybridized carbons (Fsp3) is 1.00. The molecule has 2 saturated heterocycles. The van der Waals surface area contributed by atoms with E-state index in [1.54, 1.807) is 0 Å². The van der Waals surface area contributed by atoms with Crippen LogP contribution in [0.4, 0.5) is 0 Å². The van der Waals surface area contributed by atoms with E-state index in [-0.39, 0.29) is 0 Å². The zero-order valence-electron chi connectivity index (χ0n) is 10.3. The largest absolute Gasteiger partial charge is 0.314 e. The van der Waals surface area contributed by atoms with Crippen molar-refractivity contribution in [2.75, 3.05) is 26.2 Å². The molecule has 2 atom stereocenters. The Morgan fingerprint density at radius 2 is 2.20 bits per heavy atom. The van der Waals surface area contributed by atoms with Crippen LogP contribution >= 0.6 is 0 Å². The summed E-state index contributed by atoms with van der Waals surface area (Å²) in [4.78, 5) is 2.67. The van der Waals surface area contributed by atoms with E-state index in [2.05, 4.69) is 24.1 Å². The summed E-state index contributed by atoms with van der Waals surface area (Å²) in [5.74, 6) is 1.83. The molecule has 0 amide bonds. The number of likely N-dealkylation sites (tertiary alicyclic amines) is 1. The Balaban J connectivity index is 1.64. The summed E-state index contributed by atoms with van der Waals surface area (Å²) in [6.45, 7) is 10.00. The quantitative estimate of drug-likeness (QED) is 0.764. The zero-order valence-corrected chi connectivity index (χ0v) is 10.3. The average molecular weight is 210 g/mol. The normalized spacial score (nSPS) is 33.0. The maximum absolute atomic E-state index is 3.59. The van der Waals surface area contributed by atoms with Gasteiger partial charge in [0, 0.05) is 12.6 Å².